The van der Waals surface area contributed by atoms with Crippen molar-refractivity contribution >= 4 is 28.0 Å². The Morgan fingerprint density at radius 3 is 2.91 bits per heavy atom. The summed E-state index contributed by atoms with van der Waals surface area (Å²) in [5.74, 6) is 1.10. The number of amides is 1. The van der Waals surface area contributed by atoms with Gasteiger partial charge in [0.25, 0.3) is 5.91 Å². The molecule has 2 aromatic heterocycles. The highest BCUT2D eigenvalue weighted by Crippen LogP contribution is 2.25. The SMILES string of the molecule is CCN(C(=O)c1nc2ccccc2[nH]1)[C@H]1CCC[C@@H](NCc2ccc3nc(C)oc3c2)C1. The summed E-state index contributed by atoms with van der Waals surface area (Å²) in [6, 6.07) is 14.5. The van der Waals surface area contributed by atoms with Crippen molar-refractivity contribution in [2.45, 2.75) is 58.2 Å². The third-order valence-corrected chi connectivity index (χ3v) is 6.44. The molecule has 0 spiro atoms. The van der Waals surface area contributed by atoms with Crippen molar-refractivity contribution in [2.24, 2.45) is 0 Å². The molecule has 2 N–H and O–H groups in total. The number of carbonyl (C=O) groups excluding carboxylic acids is 1. The monoisotopic (exact) mass is 431 g/mol. The number of hydrogen-bond acceptors (Lipinski definition) is 5. The maximum Gasteiger partial charge on any atom is 0.289 e. The van der Waals surface area contributed by atoms with Gasteiger partial charge in [-0.25, -0.2) is 9.97 Å². The van der Waals surface area contributed by atoms with Crippen molar-refractivity contribution in [1.82, 2.24) is 25.2 Å². The second-order valence-corrected chi connectivity index (χ2v) is 8.63. The van der Waals surface area contributed by atoms with Crippen LogP contribution in [-0.4, -0.2) is 44.4 Å². The van der Waals surface area contributed by atoms with Crippen LogP contribution in [0.15, 0.2) is 46.9 Å². The minimum atomic E-state index is -0.0134. The van der Waals surface area contributed by atoms with Crippen molar-refractivity contribution in [3.63, 3.8) is 0 Å². The highest BCUT2D eigenvalue weighted by atomic mass is 16.3. The summed E-state index contributed by atoms with van der Waals surface area (Å²) in [5, 5.41) is 3.70. The number of benzene rings is 2. The van der Waals surface area contributed by atoms with Gasteiger partial charge in [-0.15, -0.1) is 0 Å². The largest absolute Gasteiger partial charge is 0.441 e. The molecule has 0 saturated heterocycles. The number of nitrogens with zero attached hydrogens (tertiary/aromatic N) is 3. The lowest BCUT2D eigenvalue weighted by Crippen LogP contribution is -2.47. The number of nitrogens with one attached hydrogen (secondary N) is 2. The number of aromatic amines is 1. The third kappa shape index (κ3) is 4.12. The van der Waals surface area contributed by atoms with E-state index in [0.29, 0.717) is 24.3 Å². The quantitative estimate of drug-likeness (QED) is 0.467. The molecule has 1 aliphatic carbocycles. The molecular weight excluding hydrogens is 402 g/mol. The van der Waals surface area contributed by atoms with Crippen LogP contribution in [0, 0.1) is 6.92 Å². The number of aromatic nitrogens is 3. The Labute approximate surface area is 187 Å². The van der Waals surface area contributed by atoms with Crippen LogP contribution in [0.5, 0.6) is 0 Å². The number of hydrogen-bond donors (Lipinski definition) is 2. The molecule has 7 heteroatoms. The molecule has 2 atom stereocenters. The number of aryl methyl sites for hydroxylation is 1. The zero-order valence-corrected chi connectivity index (χ0v) is 18.6. The van der Waals surface area contributed by atoms with Gasteiger partial charge in [-0.05, 0) is 62.4 Å². The number of para-hydroxylation sites is 2. The summed E-state index contributed by atoms with van der Waals surface area (Å²) in [4.78, 5) is 27.3. The summed E-state index contributed by atoms with van der Waals surface area (Å²) >= 11 is 0. The van der Waals surface area contributed by atoms with Gasteiger partial charge in [0.1, 0.15) is 5.52 Å². The zero-order chi connectivity index (χ0) is 22.1. The first-order valence-corrected chi connectivity index (χ1v) is 11.5. The first-order valence-electron chi connectivity index (χ1n) is 11.5. The van der Waals surface area contributed by atoms with E-state index in [1.807, 2.05) is 49.1 Å². The molecule has 0 radical (unpaired) electrons. The zero-order valence-electron chi connectivity index (χ0n) is 18.6. The molecule has 2 heterocycles. The van der Waals surface area contributed by atoms with Crippen LogP contribution in [0.1, 0.15) is 54.7 Å². The lowest BCUT2D eigenvalue weighted by molar-refractivity contribution is 0.0617. The van der Waals surface area contributed by atoms with E-state index in [1.165, 1.54) is 5.56 Å². The first-order chi connectivity index (χ1) is 15.6. The lowest BCUT2D eigenvalue weighted by Gasteiger charge is -2.37. The van der Waals surface area contributed by atoms with Crippen LogP contribution in [-0.2, 0) is 6.54 Å². The molecule has 7 nitrogen and oxygen atoms in total. The molecule has 166 valence electrons. The molecular formula is C25H29N5O2. The molecule has 2 aromatic carbocycles. The molecule has 1 fully saturated rings. The van der Waals surface area contributed by atoms with E-state index in [2.05, 4.69) is 32.4 Å². The van der Waals surface area contributed by atoms with Crippen molar-refractivity contribution in [3.8, 4) is 0 Å². The second kappa shape index (κ2) is 8.74. The Kier molecular flexibility index (Phi) is 5.66. The number of fused-ring (bicyclic) bond motifs is 2. The molecule has 0 unspecified atom stereocenters. The van der Waals surface area contributed by atoms with Gasteiger partial charge in [0.05, 0.1) is 11.0 Å². The Balaban J connectivity index is 1.24. The fourth-order valence-corrected chi connectivity index (χ4v) is 4.85. The number of imidazole rings is 1. The van der Waals surface area contributed by atoms with E-state index < -0.39 is 0 Å². The molecule has 1 amide bonds. The first kappa shape index (κ1) is 20.7. The molecule has 1 aliphatic rings. The fourth-order valence-electron chi connectivity index (χ4n) is 4.85. The van der Waals surface area contributed by atoms with Crippen molar-refractivity contribution in [2.75, 3.05) is 6.54 Å². The molecule has 0 aliphatic heterocycles. The third-order valence-electron chi connectivity index (χ3n) is 6.44. The Hall–Kier alpha value is -3.19. The minimum Gasteiger partial charge on any atom is -0.441 e. The van der Waals surface area contributed by atoms with E-state index in [0.717, 1.165) is 54.4 Å². The van der Waals surface area contributed by atoms with Crippen LogP contribution >= 0.6 is 0 Å². The summed E-state index contributed by atoms with van der Waals surface area (Å²) in [6.45, 7) is 5.36. The van der Waals surface area contributed by atoms with E-state index in [-0.39, 0.29) is 11.9 Å². The average molecular weight is 432 g/mol. The highest BCUT2D eigenvalue weighted by Gasteiger charge is 2.30. The van der Waals surface area contributed by atoms with Crippen LogP contribution < -0.4 is 5.32 Å². The normalized spacial score (nSPS) is 18.9. The van der Waals surface area contributed by atoms with Gasteiger partial charge in [-0.2, -0.15) is 0 Å². The van der Waals surface area contributed by atoms with Gasteiger partial charge in [0, 0.05) is 32.1 Å². The molecule has 32 heavy (non-hydrogen) atoms. The van der Waals surface area contributed by atoms with Crippen LogP contribution in [0.3, 0.4) is 0 Å². The molecule has 5 rings (SSSR count). The van der Waals surface area contributed by atoms with Gasteiger partial charge in [-0.1, -0.05) is 18.2 Å². The predicted molar refractivity (Wildman–Crippen MR) is 124 cm³/mol. The van der Waals surface area contributed by atoms with Gasteiger partial charge in [0.2, 0.25) is 0 Å². The van der Waals surface area contributed by atoms with Gasteiger partial charge in [0.15, 0.2) is 17.3 Å². The van der Waals surface area contributed by atoms with Crippen molar-refractivity contribution in [1.29, 1.82) is 0 Å². The Bertz CT molecular complexity index is 1210. The van der Waals surface area contributed by atoms with Gasteiger partial charge < -0.3 is 19.6 Å². The summed E-state index contributed by atoms with van der Waals surface area (Å²) in [7, 11) is 0. The molecule has 4 aromatic rings. The van der Waals surface area contributed by atoms with Crippen LogP contribution in [0.2, 0.25) is 0 Å². The van der Waals surface area contributed by atoms with Crippen molar-refractivity contribution in [3.05, 3.63) is 59.7 Å². The van der Waals surface area contributed by atoms with E-state index in [4.69, 9.17) is 4.42 Å². The highest BCUT2D eigenvalue weighted by molar-refractivity contribution is 5.94. The smallest absolute Gasteiger partial charge is 0.289 e. The summed E-state index contributed by atoms with van der Waals surface area (Å²) in [5.41, 5.74) is 4.63. The predicted octanol–water partition coefficient (Wildman–Crippen LogP) is 4.58. The standard InChI is InChI=1S/C25H29N5O2/c1-3-30(25(31)24-28-20-9-4-5-10-21(20)29-24)19-8-6-7-18(14-19)26-15-17-11-12-22-23(13-17)32-16(2)27-22/h4-5,9-13,18-19,26H,3,6-8,14-15H2,1-2H3,(H,28,29)/t18-,19+/m1/s1. The molecule has 0 bridgehead atoms. The Morgan fingerprint density at radius 1 is 1.19 bits per heavy atom. The van der Waals surface area contributed by atoms with Gasteiger partial charge in [-0.3, -0.25) is 4.79 Å². The van der Waals surface area contributed by atoms with Crippen LogP contribution in [0.4, 0.5) is 0 Å². The Morgan fingerprint density at radius 2 is 2.06 bits per heavy atom. The van der Waals surface area contributed by atoms with Crippen molar-refractivity contribution < 1.29 is 9.21 Å². The fraction of sp³-hybridized carbons (Fsp3) is 0.400. The topological polar surface area (TPSA) is 87.0 Å². The molecule has 1 saturated carbocycles. The van der Waals surface area contributed by atoms with E-state index >= 15 is 0 Å². The maximum absolute atomic E-state index is 13.3. The number of rotatable bonds is 6. The van der Waals surface area contributed by atoms with E-state index in [9.17, 15) is 4.79 Å². The second-order valence-electron chi connectivity index (χ2n) is 8.63. The number of H-pyrrole nitrogens is 1. The maximum atomic E-state index is 13.3. The lowest BCUT2D eigenvalue weighted by atomic mass is 9.89. The summed E-state index contributed by atoms with van der Waals surface area (Å²) in [6.07, 6.45) is 4.20. The number of oxazole rings is 1. The minimum absolute atomic E-state index is 0.0134. The van der Waals surface area contributed by atoms with Crippen LogP contribution in [0.25, 0.3) is 22.1 Å². The number of carbonyl (C=O) groups is 1. The van der Waals surface area contributed by atoms with Gasteiger partial charge >= 0.3 is 0 Å². The average Bonchev–Trinajstić information content (AvgIpc) is 3.40. The summed E-state index contributed by atoms with van der Waals surface area (Å²) < 4.78 is 5.66. The van der Waals surface area contributed by atoms with E-state index in [1.54, 1.807) is 0 Å².